The van der Waals surface area contributed by atoms with Gasteiger partial charge in [-0.1, -0.05) is 75.3 Å². The lowest BCUT2D eigenvalue weighted by atomic mass is 9.96. The zero-order valence-corrected chi connectivity index (χ0v) is 61.1. The van der Waals surface area contributed by atoms with Crippen LogP contribution < -0.4 is 16.0 Å². The molecule has 3 aliphatic heterocycles. The molecule has 5 atom stereocenters. The van der Waals surface area contributed by atoms with Crippen LogP contribution in [0.2, 0.25) is 0 Å². The van der Waals surface area contributed by atoms with Crippen molar-refractivity contribution in [1.82, 2.24) is 70.4 Å². The zero-order chi connectivity index (χ0) is 71.8. The molecule has 2 aromatic heterocycles. The van der Waals surface area contributed by atoms with Crippen LogP contribution in [0.3, 0.4) is 0 Å². The second-order valence-electron chi connectivity index (χ2n) is 25.7. The number of likely N-dealkylation sites (N-methyl/N-ethyl adjacent to an activating group) is 2. The monoisotopic (exact) mass is 1430 g/mol. The van der Waals surface area contributed by atoms with Gasteiger partial charge in [-0.2, -0.15) is 0 Å². The molecule has 0 spiro atoms. The quantitative estimate of drug-likeness (QED) is 0.0417. The lowest BCUT2D eigenvalue weighted by molar-refractivity contribution is -0.153. The summed E-state index contributed by atoms with van der Waals surface area (Å²) in [5.41, 5.74) is 1.83. The minimum Gasteiger partial charge on any atom is -0.378 e. The van der Waals surface area contributed by atoms with Crippen LogP contribution in [-0.2, 0) is 61.9 Å². The number of nitrogens with one attached hydrogen (secondary N) is 3. The van der Waals surface area contributed by atoms with Crippen molar-refractivity contribution in [1.29, 1.82) is 0 Å². The Morgan fingerprint density at radius 1 is 0.570 bits per heavy atom. The van der Waals surface area contributed by atoms with Crippen LogP contribution in [0.15, 0.2) is 71.9 Å². The van der Waals surface area contributed by atoms with E-state index in [4.69, 9.17) is 33.2 Å². The highest BCUT2D eigenvalue weighted by Gasteiger charge is 2.46. The Morgan fingerprint density at radius 3 is 1.63 bits per heavy atom. The largest absolute Gasteiger partial charge is 0.378 e. The van der Waals surface area contributed by atoms with Crippen molar-refractivity contribution in [3.05, 3.63) is 72.6 Å². The fraction of sp³-hybridized carbons (Fsp3) is 0.638. The van der Waals surface area contributed by atoms with Gasteiger partial charge in [-0.15, -0.1) is 20.4 Å². The topological polar surface area (TPSA) is 317 Å². The Bertz CT molecular complexity index is 3130. The molecule has 7 rings (SSSR count). The van der Waals surface area contributed by atoms with E-state index in [2.05, 4.69) is 46.3 Å². The van der Waals surface area contributed by atoms with Crippen molar-refractivity contribution < 1.29 is 66.7 Å². The number of hydrogen-bond donors (Lipinski definition) is 3. The van der Waals surface area contributed by atoms with E-state index < -0.39 is 30.2 Å². The number of piperazine rings is 1. The Kier molecular flexibility index (Phi) is 34.7. The number of carbonyl (C=O) groups excluding carboxylic acids is 7. The van der Waals surface area contributed by atoms with Gasteiger partial charge < -0.3 is 68.7 Å². The van der Waals surface area contributed by atoms with Gasteiger partial charge in [-0.05, 0) is 100.0 Å². The van der Waals surface area contributed by atoms with Crippen LogP contribution in [0, 0.1) is 17.8 Å². The molecule has 0 radical (unpaired) electrons. The lowest BCUT2D eigenvalue weighted by Crippen LogP contribution is -2.61. The van der Waals surface area contributed by atoms with E-state index in [0.29, 0.717) is 192 Å². The van der Waals surface area contributed by atoms with E-state index in [-0.39, 0.29) is 71.5 Å². The molecule has 3 saturated heterocycles. The van der Waals surface area contributed by atoms with Crippen LogP contribution in [0.4, 0.5) is 5.69 Å². The first-order valence-electron chi connectivity index (χ1n) is 34.6. The van der Waals surface area contributed by atoms with Crippen LogP contribution in [0.5, 0.6) is 0 Å². The number of likely N-dealkylation sites (tertiary alicyclic amines) is 2. The van der Waals surface area contributed by atoms with Gasteiger partial charge in [0.25, 0.3) is 5.91 Å². The van der Waals surface area contributed by atoms with Crippen LogP contribution in [0.25, 0.3) is 23.0 Å². The first kappa shape index (κ1) is 80.4. The number of rotatable bonds is 43. The molecule has 0 unspecified atom stereocenters. The Balaban J connectivity index is 0.625. The van der Waals surface area contributed by atoms with Gasteiger partial charge in [0.1, 0.15) is 24.2 Å². The number of amides is 7. The molecule has 5 heterocycles. The molecule has 29 nitrogen and oxygen atoms in total. The van der Waals surface area contributed by atoms with E-state index in [0.717, 1.165) is 10.6 Å². The number of benzene rings is 2. The summed E-state index contributed by atoms with van der Waals surface area (Å²) in [5, 5.41) is 25.3. The molecular formula is C69H103N15O14S2. The van der Waals surface area contributed by atoms with Crippen molar-refractivity contribution in [2.75, 3.05) is 177 Å². The predicted octanol–water partition coefficient (Wildman–Crippen LogP) is 3.95. The summed E-state index contributed by atoms with van der Waals surface area (Å²) < 4.78 is 39.3. The van der Waals surface area contributed by atoms with Crippen LogP contribution in [-0.4, -0.2) is 303 Å². The van der Waals surface area contributed by atoms with Crippen molar-refractivity contribution in [3.63, 3.8) is 0 Å². The maximum atomic E-state index is 14.5. The molecule has 0 aliphatic carbocycles. The van der Waals surface area contributed by atoms with Gasteiger partial charge in [0.05, 0.1) is 105 Å². The predicted molar refractivity (Wildman–Crippen MR) is 379 cm³/mol. The third-order valence-electron chi connectivity index (χ3n) is 17.0. The lowest BCUT2D eigenvalue weighted by Gasteiger charge is -2.38. The number of nitrogens with zero attached hydrogens (tertiary/aromatic N) is 12. The van der Waals surface area contributed by atoms with E-state index in [1.165, 1.54) is 4.90 Å². The Hall–Kier alpha value is -6.91. The minimum absolute atomic E-state index is 0.00786. The fourth-order valence-electron chi connectivity index (χ4n) is 12.0. The van der Waals surface area contributed by atoms with Crippen LogP contribution in [0.1, 0.15) is 77.6 Å². The molecule has 3 fully saturated rings. The maximum Gasteiger partial charge on any atom is 0.253 e. The van der Waals surface area contributed by atoms with E-state index >= 15 is 0 Å². The minimum atomic E-state index is -0.870. The van der Waals surface area contributed by atoms with Gasteiger partial charge in [0.15, 0.2) is 0 Å². The molecule has 3 N–H and O–H groups in total. The zero-order valence-electron chi connectivity index (χ0n) is 59.5. The van der Waals surface area contributed by atoms with Gasteiger partial charge in [0, 0.05) is 92.7 Å². The molecule has 2 aromatic carbocycles. The second-order valence-corrected chi connectivity index (χ2v) is 28.2. The maximum absolute atomic E-state index is 14.5. The normalized spacial score (nSPS) is 16.7. The molecule has 7 amide bonds. The summed E-state index contributed by atoms with van der Waals surface area (Å²) in [6.45, 7) is 21.1. The van der Waals surface area contributed by atoms with Crippen LogP contribution >= 0.6 is 21.6 Å². The summed E-state index contributed by atoms with van der Waals surface area (Å²) >= 11 is 0. The van der Waals surface area contributed by atoms with Crippen molar-refractivity contribution in [2.24, 2.45) is 17.8 Å². The third kappa shape index (κ3) is 25.6. The van der Waals surface area contributed by atoms with Gasteiger partial charge in [-0.25, -0.2) is 9.97 Å². The smallest absolute Gasteiger partial charge is 0.253 e. The number of hydrogen-bond acceptors (Lipinski definition) is 24. The average molecular weight is 1430 g/mol. The summed E-state index contributed by atoms with van der Waals surface area (Å²) in [6, 6.07) is 12.7. The summed E-state index contributed by atoms with van der Waals surface area (Å²) in [4.78, 5) is 116. The number of ether oxygens (including phenoxy) is 7. The molecule has 4 aromatic rings. The van der Waals surface area contributed by atoms with E-state index in [9.17, 15) is 33.6 Å². The van der Waals surface area contributed by atoms with E-state index in [1.807, 2.05) is 89.7 Å². The molecular weight excluding hydrogens is 1330 g/mol. The first-order chi connectivity index (χ1) is 48.3. The molecule has 3 aliphatic rings. The van der Waals surface area contributed by atoms with Gasteiger partial charge >= 0.3 is 0 Å². The highest BCUT2D eigenvalue weighted by atomic mass is 33.1. The van der Waals surface area contributed by atoms with Gasteiger partial charge in [0.2, 0.25) is 52.9 Å². The standard InChI is InChI=1S/C69H103N15O14S2/c1-48(2)58(74-65(87)59(49(3)4)79(7)8)68(90)80(9)60(50(5)6)69(91)84-27-11-14-56(84)67(89)83-26-10-13-55(83)64(86)73-53-19-21-54(22-20-53)100-99-46-45-98-44-43-97-42-41-96-40-39-95-38-37-94-36-35-93-34-33-92-32-25-70-57(85)47-81-28-30-82(31-29-81)66(88)52-17-15-51(16-18-52)61-75-77-63(78-76-61)62-71-23-12-24-72-62/h12,15-24,48-50,55-56,58-60H,10-11,13-14,25-47H2,1-9H3,(H,70,85)(H,73,86)(H,74,87)/t55-,56-,58-,59-,60-/m0/s1. The van der Waals surface area contributed by atoms with Crippen molar-refractivity contribution in [2.45, 2.75) is 102 Å². The number of carbonyl (C=O) groups is 7. The molecule has 100 heavy (non-hydrogen) atoms. The molecule has 0 bridgehead atoms. The Morgan fingerprint density at radius 2 is 1.09 bits per heavy atom. The SMILES string of the molecule is CC(C)[C@H](NC(=O)[C@H](C(C)C)N(C)C)C(=O)N(C)[C@H](C(=O)N1CCC[C@H]1C(=O)N1CCC[C@H]1C(=O)Nc1ccc(SSCCOCCOCCOCCOCCOCCOCCOCCNC(=O)CN2CCN(C(=O)c3ccc(-c4nnc(-c5ncccn5)nn4)cc3)CC2)cc1)C(C)C. The summed E-state index contributed by atoms with van der Waals surface area (Å²) in [7, 11) is 8.54. The van der Waals surface area contributed by atoms with Crippen molar-refractivity contribution in [3.8, 4) is 23.0 Å². The molecule has 31 heteroatoms. The highest BCUT2D eigenvalue weighted by Crippen LogP contribution is 2.33. The van der Waals surface area contributed by atoms with Crippen molar-refractivity contribution >= 4 is 68.6 Å². The highest BCUT2D eigenvalue weighted by molar-refractivity contribution is 8.76. The molecule has 550 valence electrons. The number of anilines is 1. The summed E-state index contributed by atoms with van der Waals surface area (Å²) in [6.07, 6.45) is 5.42. The second kappa shape index (κ2) is 43.1. The van der Waals surface area contributed by atoms with Gasteiger partial charge in [-0.3, -0.25) is 43.4 Å². The number of aromatic nitrogens is 6. The fourth-order valence-corrected chi connectivity index (χ4v) is 13.8. The molecule has 0 saturated carbocycles. The average Bonchev–Trinajstić information content (AvgIpc) is 0.865. The summed E-state index contributed by atoms with van der Waals surface area (Å²) in [5.74, 6) is -0.545. The van der Waals surface area contributed by atoms with E-state index in [1.54, 1.807) is 86.1 Å². The Labute approximate surface area is 595 Å². The first-order valence-corrected chi connectivity index (χ1v) is 37.0. The third-order valence-corrected chi connectivity index (χ3v) is 19.4.